The SMILES string of the molecule is CCCCCCCCCCCC[n+]1ccc(C)cc1.[OH-]. The molecule has 0 aliphatic heterocycles. The van der Waals surface area contributed by atoms with Crippen LogP contribution in [0.3, 0.4) is 0 Å². The standard InChI is InChI=1S/C18H32N.H2O/c1-3-4-5-6-7-8-9-10-11-12-15-19-16-13-18(2)14-17-19;/h13-14,16-17H,3-12,15H2,1-2H3;1H2/q+1;/p-1. The molecule has 2 nitrogen and oxygen atoms in total. The molecule has 1 aromatic rings. The van der Waals surface area contributed by atoms with E-state index in [1.165, 1.54) is 76.3 Å². The van der Waals surface area contributed by atoms with Crippen molar-refractivity contribution in [3.05, 3.63) is 30.1 Å². The summed E-state index contributed by atoms with van der Waals surface area (Å²) in [5, 5.41) is 0. The number of hydrogen-bond acceptors (Lipinski definition) is 1. The Balaban J connectivity index is 0.00000361. The molecule has 20 heavy (non-hydrogen) atoms. The van der Waals surface area contributed by atoms with Gasteiger partial charge in [-0.2, -0.15) is 0 Å². The molecule has 0 amide bonds. The lowest BCUT2D eigenvalue weighted by molar-refractivity contribution is -0.697. The van der Waals surface area contributed by atoms with Crippen LogP contribution >= 0.6 is 0 Å². The van der Waals surface area contributed by atoms with E-state index in [4.69, 9.17) is 0 Å². The monoisotopic (exact) mass is 279 g/mol. The van der Waals surface area contributed by atoms with Crippen LogP contribution in [-0.2, 0) is 6.54 Å². The molecule has 0 aromatic carbocycles. The largest absolute Gasteiger partial charge is 0.870 e. The fraction of sp³-hybridized carbons (Fsp3) is 0.722. The molecule has 0 aliphatic rings. The summed E-state index contributed by atoms with van der Waals surface area (Å²) in [5.74, 6) is 0. The number of hydrogen-bond donors (Lipinski definition) is 0. The molecule has 116 valence electrons. The van der Waals surface area contributed by atoms with Crippen molar-refractivity contribution in [1.29, 1.82) is 0 Å². The van der Waals surface area contributed by atoms with E-state index in [9.17, 15) is 0 Å². The number of unbranched alkanes of at least 4 members (excludes halogenated alkanes) is 9. The summed E-state index contributed by atoms with van der Waals surface area (Å²) in [6.45, 7) is 5.60. The summed E-state index contributed by atoms with van der Waals surface area (Å²) < 4.78 is 2.30. The van der Waals surface area contributed by atoms with Gasteiger partial charge in [-0.15, -0.1) is 0 Å². The Morgan fingerprint density at radius 3 is 1.70 bits per heavy atom. The molecule has 0 unspecified atom stereocenters. The van der Waals surface area contributed by atoms with Crippen LogP contribution < -0.4 is 4.57 Å². The van der Waals surface area contributed by atoms with Crippen LogP contribution in [-0.4, -0.2) is 5.48 Å². The van der Waals surface area contributed by atoms with Crippen LogP contribution in [0.1, 0.15) is 76.7 Å². The Hall–Kier alpha value is -0.890. The summed E-state index contributed by atoms with van der Waals surface area (Å²) >= 11 is 0. The highest BCUT2D eigenvalue weighted by molar-refractivity contribution is 5.03. The van der Waals surface area contributed by atoms with Crippen LogP contribution in [0.2, 0.25) is 0 Å². The van der Waals surface area contributed by atoms with Crippen molar-refractivity contribution in [2.75, 3.05) is 0 Å². The highest BCUT2D eigenvalue weighted by Gasteiger charge is 1.99. The maximum absolute atomic E-state index is 2.30. The Morgan fingerprint density at radius 2 is 1.20 bits per heavy atom. The fourth-order valence-corrected chi connectivity index (χ4v) is 2.46. The second-order valence-electron chi connectivity index (χ2n) is 5.80. The van der Waals surface area contributed by atoms with E-state index in [1.807, 2.05) is 0 Å². The minimum atomic E-state index is 0. The zero-order valence-corrected chi connectivity index (χ0v) is 13.5. The quantitative estimate of drug-likeness (QED) is 0.413. The lowest BCUT2D eigenvalue weighted by Gasteiger charge is -2.01. The second-order valence-corrected chi connectivity index (χ2v) is 5.80. The minimum Gasteiger partial charge on any atom is -0.870 e. The number of aromatic nitrogens is 1. The molecule has 2 heteroatoms. The van der Waals surface area contributed by atoms with E-state index in [2.05, 4.69) is 42.9 Å². The van der Waals surface area contributed by atoms with Crippen molar-refractivity contribution < 1.29 is 10.0 Å². The van der Waals surface area contributed by atoms with Crippen molar-refractivity contribution in [2.24, 2.45) is 0 Å². The first-order valence-corrected chi connectivity index (χ1v) is 8.28. The van der Waals surface area contributed by atoms with E-state index in [0.717, 1.165) is 0 Å². The van der Waals surface area contributed by atoms with Crippen molar-refractivity contribution in [3.8, 4) is 0 Å². The molecule has 0 spiro atoms. The number of nitrogens with zero attached hydrogens (tertiary/aromatic N) is 1. The topological polar surface area (TPSA) is 33.9 Å². The molecule has 0 saturated carbocycles. The van der Waals surface area contributed by atoms with Gasteiger partial charge in [0.1, 0.15) is 6.54 Å². The lowest BCUT2D eigenvalue weighted by Crippen LogP contribution is -2.32. The van der Waals surface area contributed by atoms with E-state index in [-0.39, 0.29) is 5.48 Å². The molecule has 0 saturated heterocycles. The van der Waals surface area contributed by atoms with Gasteiger partial charge in [0.05, 0.1) is 0 Å². The third kappa shape index (κ3) is 9.96. The Bertz CT molecular complexity index is 308. The Labute approximate surface area is 125 Å². The van der Waals surface area contributed by atoms with Crippen molar-refractivity contribution >= 4 is 0 Å². The maximum Gasteiger partial charge on any atom is 0.169 e. The molecule has 1 aromatic heterocycles. The van der Waals surface area contributed by atoms with Gasteiger partial charge in [0.15, 0.2) is 12.4 Å². The van der Waals surface area contributed by atoms with Gasteiger partial charge in [0.25, 0.3) is 0 Å². The van der Waals surface area contributed by atoms with Crippen LogP contribution in [0.5, 0.6) is 0 Å². The molecule has 0 atom stereocenters. The molecule has 0 aliphatic carbocycles. The van der Waals surface area contributed by atoms with Gasteiger partial charge in [-0.3, -0.25) is 0 Å². The third-order valence-electron chi connectivity index (χ3n) is 3.83. The Kier molecular flexibility index (Phi) is 12.5. The summed E-state index contributed by atoms with van der Waals surface area (Å²) in [7, 11) is 0. The average molecular weight is 279 g/mol. The van der Waals surface area contributed by atoms with E-state index >= 15 is 0 Å². The van der Waals surface area contributed by atoms with Gasteiger partial charge in [-0.05, 0) is 18.9 Å². The second kappa shape index (κ2) is 13.1. The van der Waals surface area contributed by atoms with Gasteiger partial charge >= 0.3 is 0 Å². The number of aryl methyl sites for hydroxylation is 2. The molecular formula is C18H33NO. The predicted octanol–water partition coefficient (Wildman–Crippen LogP) is 5.03. The molecular weight excluding hydrogens is 246 g/mol. The zero-order valence-electron chi connectivity index (χ0n) is 13.5. The summed E-state index contributed by atoms with van der Waals surface area (Å²) in [4.78, 5) is 0. The first-order valence-electron chi connectivity index (χ1n) is 8.28. The first-order chi connectivity index (χ1) is 9.33. The maximum atomic E-state index is 2.30. The smallest absolute Gasteiger partial charge is 0.169 e. The molecule has 0 radical (unpaired) electrons. The zero-order chi connectivity index (χ0) is 13.8. The highest BCUT2D eigenvalue weighted by Crippen LogP contribution is 2.10. The van der Waals surface area contributed by atoms with Gasteiger partial charge in [0, 0.05) is 18.6 Å². The highest BCUT2D eigenvalue weighted by atomic mass is 16.0. The molecule has 1 heterocycles. The van der Waals surface area contributed by atoms with Gasteiger partial charge in [-0.1, -0.05) is 58.3 Å². The summed E-state index contributed by atoms with van der Waals surface area (Å²) in [6, 6.07) is 4.38. The Morgan fingerprint density at radius 1 is 0.750 bits per heavy atom. The predicted molar refractivity (Wildman–Crippen MR) is 85.2 cm³/mol. The minimum absolute atomic E-state index is 0. The average Bonchev–Trinajstić information content (AvgIpc) is 2.43. The van der Waals surface area contributed by atoms with E-state index in [0.29, 0.717) is 0 Å². The van der Waals surface area contributed by atoms with Crippen molar-refractivity contribution in [3.63, 3.8) is 0 Å². The fourth-order valence-electron chi connectivity index (χ4n) is 2.46. The van der Waals surface area contributed by atoms with Gasteiger partial charge in [0.2, 0.25) is 0 Å². The summed E-state index contributed by atoms with van der Waals surface area (Å²) in [5.41, 5.74) is 1.35. The molecule has 0 fully saturated rings. The van der Waals surface area contributed by atoms with Crippen LogP contribution in [0.4, 0.5) is 0 Å². The molecule has 1 N–H and O–H groups in total. The molecule has 0 bridgehead atoms. The first kappa shape index (κ1) is 19.1. The summed E-state index contributed by atoms with van der Waals surface area (Å²) in [6.07, 6.45) is 18.5. The number of pyridine rings is 1. The van der Waals surface area contributed by atoms with E-state index in [1.54, 1.807) is 0 Å². The molecule has 1 rings (SSSR count). The lowest BCUT2D eigenvalue weighted by atomic mass is 10.1. The van der Waals surface area contributed by atoms with E-state index < -0.39 is 0 Å². The third-order valence-corrected chi connectivity index (χ3v) is 3.83. The van der Waals surface area contributed by atoms with Crippen LogP contribution in [0.15, 0.2) is 24.5 Å². The number of rotatable bonds is 11. The van der Waals surface area contributed by atoms with Crippen LogP contribution in [0.25, 0.3) is 0 Å². The van der Waals surface area contributed by atoms with Crippen LogP contribution in [0, 0.1) is 6.92 Å². The van der Waals surface area contributed by atoms with Crippen molar-refractivity contribution in [2.45, 2.75) is 84.6 Å². The van der Waals surface area contributed by atoms with Gasteiger partial charge < -0.3 is 5.48 Å². The van der Waals surface area contributed by atoms with Gasteiger partial charge in [-0.25, -0.2) is 4.57 Å². The van der Waals surface area contributed by atoms with Crippen molar-refractivity contribution in [1.82, 2.24) is 0 Å². The normalized spacial score (nSPS) is 10.3.